The van der Waals surface area contributed by atoms with Crippen molar-refractivity contribution in [2.45, 2.75) is 32.6 Å². The van der Waals surface area contributed by atoms with Gasteiger partial charge in [0.05, 0.1) is 11.2 Å². The molecule has 0 spiro atoms. The molecule has 0 atom stereocenters. The molecule has 1 amide bonds. The van der Waals surface area contributed by atoms with Crippen LogP contribution >= 0.6 is 11.6 Å². The number of amides is 1. The quantitative estimate of drug-likeness (QED) is 0.480. The van der Waals surface area contributed by atoms with Crippen LogP contribution < -0.4 is 5.43 Å². The number of hydrazone groups is 1. The molecule has 0 bridgehead atoms. The fourth-order valence-electron chi connectivity index (χ4n) is 1.39. The Hall–Kier alpha value is -1.42. The lowest BCUT2D eigenvalue weighted by Crippen LogP contribution is -2.17. The summed E-state index contributed by atoms with van der Waals surface area (Å²) >= 11 is 5.80. The van der Waals surface area contributed by atoms with Gasteiger partial charge in [-0.3, -0.25) is 4.79 Å². The monoisotopic (exact) mass is 270 g/mol. The molecule has 3 nitrogen and oxygen atoms in total. The fourth-order valence-corrected chi connectivity index (χ4v) is 1.61. The first-order chi connectivity index (χ1) is 8.65. The van der Waals surface area contributed by atoms with Crippen molar-refractivity contribution in [1.82, 2.24) is 5.43 Å². The minimum atomic E-state index is -0.466. The summed E-state index contributed by atoms with van der Waals surface area (Å²) in [5, 5.41) is 3.96. The van der Waals surface area contributed by atoms with E-state index in [2.05, 4.69) is 17.5 Å². The predicted molar refractivity (Wildman–Crippen MR) is 71.3 cm³/mol. The van der Waals surface area contributed by atoms with Gasteiger partial charge in [0.2, 0.25) is 5.91 Å². The van der Waals surface area contributed by atoms with Gasteiger partial charge in [-0.15, -0.1) is 0 Å². The third-order valence-corrected chi connectivity index (χ3v) is 2.72. The van der Waals surface area contributed by atoms with Gasteiger partial charge in [-0.1, -0.05) is 37.4 Å². The van der Waals surface area contributed by atoms with Gasteiger partial charge in [0, 0.05) is 12.0 Å². The Kier molecular flexibility index (Phi) is 6.36. The van der Waals surface area contributed by atoms with E-state index in [9.17, 15) is 9.18 Å². The van der Waals surface area contributed by atoms with Gasteiger partial charge in [0.25, 0.3) is 0 Å². The van der Waals surface area contributed by atoms with Crippen LogP contribution in [0.3, 0.4) is 0 Å². The van der Waals surface area contributed by atoms with Crippen LogP contribution in [0.2, 0.25) is 5.02 Å². The molecular formula is C13H16ClFN2O. The Morgan fingerprint density at radius 1 is 1.50 bits per heavy atom. The van der Waals surface area contributed by atoms with E-state index in [1.54, 1.807) is 6.07 Å². The first-order valence-electron chi connectivity index (χ1n) is 5.91. The highest BCUT2D eigenvalue weighted by Crippen LogP contribution is 2.16. The standard InChI is InChI=1S/C13H16ClFN2O/c1-2-3-4-8-13(18)17-16-9-10-11(14)6-5-7-12(10)15/h5-7,9H,2-4,8H2,1H3,(H,17,18). The number of hydrogen-bond donors (Lipinski definition) is 1. The first kappa shape index (κ1) is 14.6. The molecule has 0 aliphatic heterocycles. The summed E-state index contributed by atoms with van der Waals surface area (Å²) in [5.41, 5.74) is 2.52. The Morgan fingerprint density at radius 2 is 2.28 bits per heavy atom. The van der Waals surface area contributed by atoms with E-state index in [-0.39, 0.29) is 16.5 Å². The second-order valence-corrected chi connectivity index (χ2v) is 4.29. The lowest BCUT2D eigenvalue weighted by molar-refractivity contribution is -0.121. The van der Waals surface area contributed by atoms with E-state index in [0.29, 0.717) is 6.42 Å². The van der Waals surface area contributed by atoms with Crippen LogP contribution in [0.15, 0.2) is 23.3 Å². The zero-order chi connectivity index (χ0) is 13.4. The Balaban J connectivity index is 2.47. The fraction of sp³-hybridized carbons (Fsp3) is 0.385. The highest BCUT2D eigenvalue weighted by molar-refractivity contribution is 6.33. The number of hydrogen-bond acceptors (Lipinski definition) is 2. The van der Waals surface area contributed by atoms with Gasteiger partial charge < -0.3 is 0 Å². The molecule has 0 unspecified atom stereocenters. The van der Waals surface area contributed by atoms with Gasteiger partial charge in [-0.05, 0) is 18.6 Å². The molecule has 0 fully saturated rings. The minimum absolute atomic E-state index is 0.174. The zero-order valence-corrected chi connectivity index (χ0v) is 11.0. The third kappa shape index (κ3) is 4.84. The van der Waals surface area contributed by atoms with Crippen LogP contribution in [0.5, 0.6) is 0 Å². The van der Waals surface area contributed by atoms with E-state index in [1.807, 2.05) is 0 Å². The summed E-state index contributed by atoms with van der Waals surface area (Å²) in [6.45, 7) is 2.07. The molecule has 1 aromatic carbocycles. The Morgan fingerprint density at radius 3 is 2.94 bits per heavy atom. The lowest BCUT2D eigenvalue weighted by atomic mass is 10.2. The SMILES string of the molecule is CCCCCC(=O)NN=Cc1c(F)cccc1Cl. The van der Waals surface area contributed by atoms with Crippen LogP contribution in [0.4, 0.5) is 4.39 Å². The van der Waals surface area contributed by atoms with Crippen molar-refractivity contribution >= 4 is 23.7 Å². The maximum Gasteiger partial charge on any atom is 0.240 e. The number of rotatable bonds is 6. The maximum absolute atomic E-state index is 13.3. The highest BCUT2D eigenvalue weighted by atomic mass is 35.5. The zero-order valence-electron chi connectivity index (χ0n) is 10.2. The predicted octanol–water partition coefficient (Wildman–Crippen LogP) is 3.51. The molecule has 0 saturated carbocycles. The van der Waals surface area contributed by atoms with Crippen LogP contribution in [-0.2, 0) is 4.79 Å². The van der Waals surface area contributed by atoms with Crippen LogP contribution in [0.25, 0.3) is 0 Å². The molecule has 0 heterocycles. The summed E-state index contributed by atoms with van der Waals surface area (Å²) < 4.78 is 13.3. The smallest absolute Gasteiger partial charge is 0.240 e. The normalized spacial score (nSPS) is 10.8. The van der Waals surface area contributed by atoms with Gasteiger partial charge in [-0.25, -0.2) is 9.82 Å². The van der Waals surface area contributed by atoms with Crippen molar-refractivity contribution in [3.05, 3.63) is 34.6 Å². The van der Waals surface area contributed by atoms with E-state index < -0.39 is 5.82 Å². The number of unbranched alkanes of at least 4 members (excludes halogenated alkanes) is 2. The molecule has 5 heteroatoms. The van der Waals surface area contributed by atoms with E-state index >= 15 is 0 Å². The Labute approximate surface area is 111 Å². The van der Waals surface area contributed by atoms with Gasteiger partial charge in [0.1, 0.15) is 5.82 Å². The molecular weight excluding hydrogens is 255 g/mol. The molecule has 18 heavy (non-hydrogen) atoms. The number of carbonyl (C=O) groups is 1. The topological polar surface area (TPSA) is 41.5 Å². The van der Waals surface area contributed by atoms with Crippen molar-refractivity contribution < 1.29 is 9.18 Å². The van der Waals surface area contributed by atoms with E-state index in [0.717, 1.165) is 19.3 Å². The first-order valence-corrected chi connectivity index (χ1v) is 6.29. The summed E-state index contributed by atoms with van der Waals surface area (Å²) in [6, 6.07) is 4.36. The molecule has 1 rings (SSSR count). The van der Waals surface area contributed by atoms with Crippen molar-refractivity contribution in [2.75, 3.05) is 0 Å². The summed E-state index contributed by atoms with van der Waals surface area (Å²) in [6.07, 6.45) is 4.54. The molecule has 0 aliphatic carbocycles. The number of nitrogens with zero attached hydrogens (tertiary/aromatic N) is 1. The average molecular weight is 271 g/mol. The Bertz CT molecular complexity index is 415. The number of carbonyl (C=O) groups excluding carboxylic acids is 1. The second-order valence-electron chi connectivity index (χ2n) is 3.89. The molecule has 1 aromatic rings. The van der Waals surface area contributed by atoms with Crippen molar-refractivity contribution in [1.29, 1.82) is 0 Å². The molecule has 0 aromatic heterocycles. The number of benzene rings is 1. The van der Waals surface area contributed by atoms with Crippen molar-refractivity contribution in [2.24, 2.45) is 5.10 Å². The van der Waals surface area contributed by atoms with E-state index in [4.69, 9.17) is 11.6 Å². The second kappa shape index (κ2) is 7.82. The van der Waals surface area contributed by atoms with Gasteiger partial charge in [-0.2, -0.15) is 5.10 Å². The number of nitrogens with one attached hydrogen (secondary N) is 1. The molecule has 1 N–H and O–H groups in total. The molecule has 98 valence electrons. The van der Waals surface area contributed by atoms with Crippen LogP contribution in [0, 0.1) is 5.82 Å². The highest BCUT2D eigenvalue weighted by Gasteiger charge is 2.04. The van der Waals surface area contributed by atoms with Crippen LogP contribution in [-0.4, -0.2) is 12.1 Å². The van der Waals surface area contributed by atoms with Crippen molar-refractivity contribution in [3.63, 3.8) is 0 Å². The summed E-state index contributed by atoms with van der Waals surface area (Å²) in [4.78, 5) is 11.3. The number of halogens is 2. The minimum Gasteiger partial charge on any atom is -0.273 e. The summed E-state index contributed by atoms with van der Waals surface area (Å²) in [5.74, 6) is -0.640. The maximum atomic E-state index is 13.3. The van der Waals surface area contributed by atoms with Gasteiger partial charge in [0.15, 0.2) is 0 Å². The van der Waals surface area contributed by atoms with Crippen molar-refractivity contribution in [3.8, 4) is 0 Å². The summed E-state index contributed by atoms with van der Waals surface area (Å²) in [7, 11) is 0. The van der Waals surface area contributed by atoms with E-state index in [1.165, 1.54) is 18.3 Å². The molecule has 0 saturated heterocycles. The third-order valence-electron chi connectivity index (χ3n) is 2.39. The lowest BCUT2D eigenvalue weighted by Gasteiger charge is -2.00. The van der Waals surface area contributed by atoms with Gasteiger partial charge >= 0.3 is 0 Å². The molecule has 0 aliphatic rings. The largest absolute Gasteiger partial charge is 0.273 e. The van der Waals surface area contributed by atoms with Crippen LogP contribution in [0.1, 0.15) is 38.2 Å². The molecule has 0 radical (unpaired) electrons. The average Bonchev–Trinajstić information content (AvgIpc) is 2.33.